The molecule has 1 aromatic carbocycles. The van der Waals surface area contributed by atoms with E-state index in [0.717, 1.165) is 42.6 Å². The molecule has 136 valence electrons. The van der Waals surface area contributed by atoms with E-state index in [2.05, 4.69) is 31.8 Å². The lowest BCUT2D eigenvalue weighted by Crippen LogP contribution is -2.46. The first-order valence-corrected chi connectivity index (χ1v) is 8.59. The highest BCUT2D eigenvalue weighted by molar-refractivity contribution is 5.79. The van der Waals surface area contributed by atoms with Gasteiger partial charge in [0.1, 0.15) is 12.4 Å². The third kappa shape index (κ3) is 4.37. The van der Waals surface area contributed by atoms with Gasteiger partial charge in [-0.25, -0.2) is 9.67 Å². The van der Waals surface area contributed by atoms with Crippen molar-refractivity contribution in [2.45, 2.75) is 38.6 Å². The number of benzene rings is 1. The van der Waals surface area contributed by atoms with Gasteiger partial charge in [0.05, 0.1) is 18.2 Å². The molecule has 0 fully saturated rings. The smallest absolute Gasteiger partial charge is 0.191 e. The minimum atomic E-state index is 0.233. The monoisotopic (exact) mass is 353 g/mol. The SMILES string of the molecule is CN=C(NCc1cccc(C#N)c1)NC1CCc2nc(COC)nn2C1. The molecule has 1 aromatic heterocycles. The highest BCUT2D eigenvalue weighted by Crippen LogP contribution is 2.13. The van der Waals surface area contributed by atoms with E-state index in [1.54, 1.807) is 20.2 Å². The molecule has 0 saturated carbocycles. The van der Waals surface area contributed by atoms with E-state index in [0.29, 0.717) is 18.7 Å². The summed E-state index contributed by atoms with van der Waals surface area (Å²) in [5.41, 5.74) is 1.70. The van der Waals surface area contributed by atoms with Gasteiger partial charge in [-0.2, -0.15) is 10.4 Å². The van der Waals surface area contributed by atoms with E-state index in [1.807, 2.05) is 22.9 Å². The van der Waals surface area contributed by atoms with Crippen molar-refractivity contribution in [2.24, 2.45) is 4.99 Å². The van der Waals surface area contributed by atoms with Gasteiger partial charge in [0.15, 0.2) is 11.8 Å². The van der Waals surface area contributed by atoms with Crippen LogP contribution >= 0.6 is 0 Å². The second-order valence-corrected chi connectivity index (χ2v) is 6.18. The molecule has 0 radical (unpaired) electrons. The van der Waals surface area contributed by atoms with Crippen LogP contribution in [0.2, 0.25) is 0 Å². The van der Waals surface area contributed by atoms with Gasteiger partial charge in [-0.05, 0) is 24.1 Å². The van der Waals surface area contributed by atoms with Gasteiger partial charge in [-0.1, -0.05) is 12.1 Å². The van der Waals surface area contributed by atoms with Gasteiger partial charge < -0.3 is 15.4 Å². The molecule has 0 saturated heterocycles. The molecule has 2 heterocycles. The predicted molar refractivity (Wildman–Crippen MR) is 97.3 cm³/mol. The third-order valence-electron chi connectivity index (χ3n) is 4.26. The summed E-state index contributed by atoms with van der Waals surface area (Å²) in [5.74, 6) is 2.47. The van der Waals surface area contributed by atoms with Crippen molar-refractivity contribution in [3.05, 3.63) is 47.0 Å². The van der Waals surface area contributed by atoms with E-state index < -0.39 is 0 Å². The Morgan fingerprint density at radius 1 is 1.50 bits per heavy atom. The van der Waals surface area contributed by atoms with Crippen molar-refractivity contribution in [3.63, 3.8) is 0 Å². The van der Waals surface area contributed by atoms with Crippen molar-refractivity contribution in [1.29, 1.82) is 5.26 Å². The quantitative estimate of drug-likeness (QED) is 0.614. The van der Waals surface area contributed by atoms with Crippen LogP contribution in [0.15, 0.2) is 29.3 Å². The Morgan fingerprint density at radius 2 is 2.38 bits per heavy atom. The molecule has 1 unspecified atom stereocenters. The first-order valence-electron chi connectivity index (χ1n) is 8.59. The van der Waals surface area contributed by atoms with Crippen LogP contribution in [0.5, 0.6) is 0 Å². The number of ether oxygens (including phenoxy) is 1. The molecule has 2 aromatic rings. The van der Waals surface area contributed by atoms with Crippen LogP contribution < -0.4 is 10.6 Å². The summed E-state index contributed by atoms with van der Waals surface area (Å²) in [6, 6.07) is 9.93. The topological polar surface area (TPSA) is 100 Å². The summed E-state index contributed by atoms with van der Waals surface area (Å²) in [4.78, 5) is 8.79. The number of nitrogens with zero attached hydrogens (tertiary/aromatic N) is 5. The maximum Gasteiger partial charge on any atom is 0.191 e. The number of hydrogen-bond acceptors (Lipinski definition) is 5. The molecule has 8 heteroatoms. The number of rotatable bonds is 5. The summed E-state index contributed by atoms with van der Waals surface area (Å²) in [6.45, 7) is 1.79. The Morgan fingerprint density at radius 3 is 3.15 bits per heavy atom. The molecule has 1 atom stereocenters. The second kappa shape index (κ2) is 8.45. The first-order chi connectivity index (χ1) is 12.7. The Bertz CT molecular complexity index is 821. The fraction of sp³-hybridized carbons (Fsp3) is 0.444. The number of aryl methyl sites for hydroxylation is 1. The van der Waals surface area contributed by atoms with Crippen molar-refractivity contribution in [1.82, 2.24) is 25.4 Å². The largest absolute Gasteiger partial charge is 0.377 e. The Hall–Kier alpha value is -2.92. The van der Waals surface area contributed by atoms with Crippen LogP contribution in [0.3, 0.4) is 0 Å². The first kappa shape index (κ1) is 17.9. The van der Waals surface area contributed by atoms with Crippen LogP contribution in [-0.2, 0) is 30.9 Å². The summed E-state index contributed by atoms with van der Waals surface area (Å²) in [7, 11) is 3.40. The lowest BCUT2D eigenvalue weighted by molar-refractivity contribution is 0.177. The maximum absolute atomic E-state index is 8.99. The third-order valence-corrected chi connectivity index (χ3v) is 4.26. The summed E-state index contributed by atoms with van der Waals surface area (Å²) < 4.78 is 7.05. The molecule has 1 aliphatic heterocycles. The number of nitriles is 1. The summed E-state index contributed by atoms with van der Waals surface area (Å²) >= 11 is 0. The van der Waals surface area contributed by atoms with Gasteiger partial charge in [-0.15, -0.1) is 0 Å². The molecular weight excluding hydrogens is 330 g/mol. The number of nitrogens with one attached hydrogen (secondary N) is 2. The number of fused-ring (bicyclic) bond motifs is 1. The molecular formula is C18H23N7O. The molecule has 0 spiro atoms. The average Bonchev–Trinajstić information content (AvgIpc) is 3.07. The highest BCUT2D eigenvalue weighted by atomic mass is 16.5. The molecule has 2 N–H and O–H groups in total. The molecule has 8 nitrogen and oxygen atoms in total. The lowest BCUT2D eigenvalue weighted by Gasteiger charge is -2.25. The number of guanidine groups is 1. The Kier molecular flexibility index (Phi) is 5.81. The predicted octanol–water partition coefficient (Wildman–Crippen LogP) is 0.976. The average molecular weight is 353 g/mol. The van der Waals surface area contributed by atoms with Gasteiger partial charge >= 0.3 is 0 Å². The Labute approximate surface area is 152 Å². The standard InChI is InChI=1S/C18H23N7O/c1-20-18(21-10-14-5-3-4-13(8-14)9-19)22-15-6-7-17-23-16(12-26-2)24-25(17)11-15/h3-5,8,15H,6-7,10-12H2,1-2H3,(H2,20,21,22). The van der Waals surface area contributed by atoms with E-state index in [-0.39, 0.29) is 6.04 Å². The zero-order chi connectivity index (χ0) is 18.4. The van der Waals surface area contributed by atoms with Gasteiger partial charge in [0, 0.05) is 33.2 Å². The van der Waals surface area contributed by atoms with Crippen molar-refractivity contribution in [2.75, 3.05) is 14.2 Å². The van der Waals surface area contributed by atoms with Gasteiger partial charge in [-0.3, -0.25) is 4.99 Å². The van der Waals surface area contributed by atoms with Gasteiger partial charge in [0.25, 0.3) is 0 Å². The van der Waals surface area contributed by atoms with Crippen molar-refractivity contribution < 1.29 is 4.74 Å². The summed E-state index contributed by atoms with van der Waals surface area (Å²) in [6.07, 6.45) is 1.84. The van der Waals surface area contributed by atoms with Crippen LogP contribution in [-0.4, -0.2) is 40.9 Å². The highest BCUT2D eigenvalue weighted by Gasteiger charge is 2.22. The molecule has 0 amide bonds. The van der Waals surface area contributed by atoms with E-state index in [4.69, 9.17) is 10.00 Å². The fourth-order valence-corrected chi connectivity index (χ4v) is 2.99. The molecule has 3 rings (SSSR count). The van der Waals surface area contributed by atoms with Crippen molar-refractivity contribution in [3.8, 4) is 6.07 Å². The second-order valence-electron chi connectivity index (χ2n) is 6.18. The minimum Gasteiger partial charge on any atom is -0.377 e. The van der Waals surface area contributed by atoms with Crippen LogP contribution in [0, 0.1) is 11.3 Å². The van der Waals surface area contributed by atoms with Crippen molar-refractivity contribution >= 4 is 5.96 Å². The molecule has 1 aliphatic rings. The van der Waals surface area contributed by atoms with Gasteiger partial charge in [0.2, 0.25) is 0 Å². The number of methoxy groups -OCH3 is 1. The molecule has 26 heavy (non-hydrogen) atoms. The van der Waals surface area contributed by atoms with Crippen LogP contribution in [0.1, 0.15) is 29.2 Å². The lowest BCUT2D eigenvalue weighted by atomic mass is 10.1. The van der Waals surface area contributed by atoms with E-state index in [9.17, 15) is 0 Å². The maximum atomic E-state index is 8.99. The number of hydrogen-bond donors (Lipinski definition) is 2. The molecule has 0 bridgehead atoms. The van der Waals surface area contributed by atoms with E-state index in [1.165, 1.54) is 0 Å². The minimum absolute atomic E-state index is 0.233. The fourth-order valence-electron chi connectivity index (χ4n) is 2.99. The zero-order valence-corrected chi connectivity index (χ0v) is 15.1. The Balaban J connectivity index is 1.56. The normalized spacial score (nSPS) is 16.7. The molecule has 0 aliphatic carbocycles. The zero-order valence-electron chi connectivity index (χ0n) is 15.1. The number of aliphatic imine (C=N–C) groups is 1. The number of aromatic nitrogens is 3. The summed E-state index contributed by atoms with van der Waals surface area (Å²) in [5, 5.41) is 20.2. The van der Waals surface area contributed by atoms with Crippen LogP contribution in [0.4, 0.5) is 0 Å². The van der Waals surface area contributed by atoms with E-state index >= 15 is 0 Å². The van der Waals surface area contributed by atoms with Crippen LogP contribution in [0.25, 0.3) is 0 Å².